The van der Waals surface area contributed by atoms with Crippen molar-refractivity contribution in [3.63, 3.8) is 0 Å². The average molecular weight is 338 g/mol. The van der Waals surface area contributed by atoms with Crippen molar-refractivity contribution in [2.75, 3.05) is 13.2 Å². The molecule has 3 rings (SSSR count). The highest BCUT2D eigenvalue weighted by Crippen LogP contribution is 2.14. The fourth-order valence-corrected chi connectivity index (χ4v) is 2.52. The maximum atomic E-state index is 12.3. The Morgan fingerprint density at radius 2 is 1.84 bits per heavy atom. The van der Waals surface area contributed by atoms with Crippen molar-refractivity contribution in [3.8, 4) is 5.75 Å². The number of hydrogen-bond acceptors (Lipinski definition) is 5. The van der Waals surface area contributed by atoms with Gasteiger partial charge in [-0.25, -0.2) is 9.48 Å². The summed E-state index contributed by atoms with van der Waals surface area (Å²) in [6.45, 7) is 2.30. The quantitative estimate of drug-likeness (QED) is 0.528. The van der Waals surface area contributed by atoms with Crippen LogP contribution in [0.1, 0.15) is 16.1 Å². The van der Waals surface area contributed by atoms with Gasteiger partial charge in [0, 0.05) is 12.4 Å². The molecule has 128 valence electrons. The van der Waals surface area contributed by atoms with E-state index in [1.807, 2.05) is 31.2 Å². The van der Waals surface area contributed by atoms with Gasteiger partial charge in [0.25, 0.3) is 5.56 Å². The summed E-state index contributed by atoms with van der Waals surface area (Å²) >= 11 is 0. The van der Waals surface area contributed by atoms with Gasteiger partial charge in [0.1, 0.15) is 19.0 Å². The lowest BCUT2D eigenvalue weighted by Gasteiger charge is -2.09. The van der Waals surface area contributed by atoms with E-state index >= 15 is 0 Å². The molecule has 6 heteroatoms. The number of esters is 1. The number of nitrogens with zero attached hydrogens (tertiary/aromatic N) is 2. The minimum absolute atomic E-state index is 0.0889. The van der Waals surface area contributed by atoms with Crippen LogP contribution in [0.5, 0.6) is 5.75 Å². The van der Waals surface area contributed by atoms with Crippen LogP contribution in [0.2, 0.25) is 0 Å². The maximum absolute atomic E-state index is 12.3. The fraction of sp³-hybridized carbons (Fsp3) is 0.211. The topological polar surface area (TPSA) is 70.4 Å². The van der Waals surface area contributed by atoms with Crippen molar-refractivity contribution in [2.24, 2.45) is 7.05 Å². The maximum Gasteiger partial charge on any atom is 0.359 e. The number of hydrogen-bond donors (Lipinski definition) is 0. The van der Waals surface area contributed by atoms with Crippen molar-refractivity contribution in [2.45, 2.75) is 6.92 Å². The largest absolute Gasteiger partial charge is 0.490 e. The van der Waals surface area contributed by atoms with Gasteiger partial charge in [-0.3, -0.25) is 4.79 Å². The first-order valence-corrected chi connectivity index (χ1v) is 7.89. The zero-order valence-corrected chi connectivity index (χ0v) is 14.1. The van der Waals surface area contributed by atoms with Gasteiger partial charge >= 0.3 is 5.97 Å². The minimum atomic E-state index is -0.584. The number of carbonyl (C=O) groups is 1. The Bertz CT molecular complexity index is 979. The van der Waals surface area contributed by atoms with Crippen molar-refractivity contribution >= 4 is 16.7 Å². The first-order chi connectivity index (χ1) is 12.1. The van der Waals surface area contributed by atoms with Gasteiger partial charge in [-0.2, -0.15) is 5.10 Å². The van der Waals surface area contributed by atoms with Crippen molar-refractivity contribution in [3.05, 3.63) is 70.1 Å². The van der Waals surface area contributed by atoms with Crippen LogP contribution in [0, 0.1) is 6.92 Å². The summed E-state index contributed by atoms with van der Waals surface area (Å²) in [4.78, 5) is 24.4. The zero-order chi connectivity index (χ0) is 17.8. The Morgan fingerprint density at radius 1 is 1.08 bits per heavy atom. The summed E-state index contributed by atoms with van der Waals surface area (Å²) < 4.78 is 11.9. The third-order valence-corrected chi connectivity index (χ3v) is 3.72. The number of rotatable bonds is 5. The van der Waals surface area contributed by atoms with E-state index in [1.165, 1.54) is 7.05 Å². The van der Waals surface area contributed by atoms with Crippen LogP contribution in [-0.2, 0) is 11.8 Å². The molecule has 0 unspecified atom stereocenters. The molecule has 0 fully saturated rings. The second-order valence-corrected chi connectivity index (χ2v) is 5.62. The van der Waals surface area contributed by atoms with E-state index in [0.29, 0.717) is 10.8 Å². The standard InChI is InChI=1S/C19H18N2O4/c1-13-6-5-7-14(12-13)24-10-11-25-19(23)17-15-8-3-4-9-16(15)18(22)21(2)20-17/h3-9,12H,10-11H2,1-2H3. The highest BCUT2D eigenvalue weighted by molar-refractivity contribution is 6.02. The van der Waals surface area contributed by atoms with Crippen LogP contribution in [0.3, 0.4) is 0 Å². The summed E-state index contributed by atoms with van der Waals surface area (Å²) in [5, 5.41) is 4.95. The van der Waals surface area contributed by atoms with Crippen LogP contribution in [0.25, 0.3) is 10.8 Å². The Morgan fingerprint density at radius 3 is 2.60 bits per heavy atom. The molecule has 0 N–H and O–H groups in total. The highest BCUT2D eigenvalue weighted by atomic mass is 16.6. The lowest BCUT2D eigenvalue weighted by Crippen LogP contribution is -2.24. The van der Waals surface area contributed by atoms with E-state index in [1.54, 1.807) is 24.3 Å². The molecule has 3 aromatic rings. The first kappa shape index (κ1) is 16.7. The first-order valence-electron chi connectivity index (χ1n) is 7.89. The molecular weight excluding hydrogens is 320 g/mol. The lowest BCUT2D eigenvalue weighted by atomic mass is 10.1. The van der Waals surface area contributed by atoms with Gasteiger partial charge in [-0.1, -0.05) is 30.3 Å². The third kappa shape index (κ3) is 3.68. The number of carbonyl (C=O) groups excluding carboxylic acids is 1. The van der Waals surface area contributed by atoms with Gasteiger partial charge < -0.3 is 9.47 Å². The van der Waals surface area contributed by atoms with Crippen molar-refractivity contribution in [1.82, 2.24) is 9.78 Å². The van der Waals surface area contributed by atoms with Crippen LogP contribution in [0.15, 0.2) is 53.3 Å². The Balaban J connectivity index is 1.69. The van der Waals surface area contributed by atoms with Crippen molar-refractivity contribution < 1.29 is 14.3 Å². The second kappa shape index (κ2) is 7.17. The van der Waals surface area contributed by atoms with Crippen LogP contribution >= 0.6 is 0 Å². The van der Waals surface area contributed by atoms with Crippen LogP contribution in [-0.4, -0.2) is 29.0 Å². The molecule has 1 aromatic heterocycles. The third-order valence-electron chi connectivity index (χ3n) is 3.72. The van der Waals surface area contributed by atoms with Gasteiger partial charge in [-0.15, -0.1) is 0 Å². The summed E-state index contributed by atoms with van der Waals surface area (Å²) in [6, 6.07) is 14.5. The number of fused-ring (bicyclic) bond motifs is 1. The zero-order valence-electron chi connectivity index (χ0n) is 14.1. The molecule has 0 amide bonds. The molecule has 0 saturated carbocycles. The van der Waals surface area contributed by atoms with Gasteiger partial charge in [0.15, 0.2) is 5.69 Å². The number of ether oxygens (including phenoxy) is 2. The number of aryl methyl sites for hydroxylation is 2. The molecule has 0 spiro atoms. The van der Waals surface area contributed by atoms with Gasteiger partial charge in [0.2, 0.25) is 0 Å². The molecule has 2 aromatic carbocycles. The molecule has 0 saturated heterocycles. The van der Waals surface area contributed by atoms with E-state index in [4.69, 9.17) is 9.47 Å². The second-order valence-electron chi connectivity index (χ2n) is 5.62. The predicted octanol–water partition coefficient (Wildman–Crippen LogP) is 2.48. The minimum Gasteiger partial charge on any atom is -0.490 e. The normalized spacial score (nSPS) is 10.6. The molecule has 0 aliphatic carbocycles. The molecule has 0 atom stereocenters. The Labute approximate surface area is 144 Å². The van der Waals surface area contributed by atoms with Crippen molar-refractivity contribution in [1.29, 1.82) is 0 Å². The molecule has 0 bridgehead atoms. The van der Waals surface area contributed by atoms with Gasteiger partial charge in [-0.05, 0) is 30.7 Å². The molecule has 0 radical (unpaired) electrons. The highest BCUT2D eigenvalue weighted by Gasteiger charge is 2.16. The summed E-state index contributed by atoms with van der Waals surface area (Å²) in [5.74, 6) is 0.140. The molecule has 0 aliphatic heterocycles. The van der Waals surface area contributed by atoms with E-state index < -0.39 is 5.97 Å². The molecular formula is C19H18N2O4. The van der Waals surface area contributed by atoms with E-state index in [0.717, 1.165) is 16.0 Å². The van der Waals surface area contributed by atoms with Gasteiger partial charge in [0.05, 0.1) is 5.39 Å². The smallest absolute Gasteiger partial charge is 0.359 e. The number of benzene rings is 2. The number of aromatic nitrogens is 2. The Kier molecular flexibility index (Phi) is 4.79. The molecule has 25 heavy (non-hydrogen) atoms. The molecule has 6 nitrogen and oxygen atoms in total. The van der Waals surface area contributed by atoms with E-state index in [9.17, 15) is 9.59 Å². The summed E-state index contributed by atoms with van der Waals surface area (Å²) in [7, 11) is 1.51. The summed E-state index contributed by atoms with van der Waals surface area (Å²) in [6.07, 6.45) is 0. The average Bonchev–Trinajstić information content (AvgIpc) is 2.62. The fourth-order valence-electron chi connectivity index (χ4n) is 2.52. The summed E-state index contributed by atoms with van der Waals surface area (Å²) in [5.41, 5.74) is 0.957. The van der Waals surface area contributed by atoms with Crippen LogP contribution in [0.4, 0.5) is 0 Å². The monoisotopic (exact) mass is 338 g/mol. The molecule has 1 heterocycles. The van der Waals surface area contributed by atoms with E-state index in [2.05, 4.69) is 5.10 Å². The predicted molar refractivity (Wildman–Crippen MR) is 93.9 cm³/mol. The lowest BCUT2D eigenvalue weighted by molar-refractivity contribution is 0.0443. The SMILES string of the molecule is Cc1cccc(OCCOC(=O)c2nn(C)c(=O)c3ccccc23)c1. The Hall–Kier alpha value is -3.15. The van der Waals surface area contributed by atoms with Crippen LogP contribution < -0.4 is 10.3 Å². The molecule has 0 aliphatic rings. The van der Waals surface area contributed by atoms with E-state index in [-0.39, 0.29) is 24.5 Å².